The summed E-state index contributed by atoms with van der Waals surface area (Å²) in [6.45, 7) is 4.08. The molecule has 1 aliphatic carbocycles. The van der Waals surface area contributed by atoms with Crippen molar-refractivity contribution in [3.8, 4) is 11.1 Å². The first kappa shape index (κ1) is 18.9. The predicted molar refractivity (Wildman–Crippen MR) is 112 cm³/mol. The minimum atomic E-state index is -0.365. The van der Waals surface area contributed by atoms with E-state index in [0.29, 0.717) is 16.1 Å². The topological polar surface area (TPSA) is 61.2 Å². The number of rotatable bonds is 4. The van der Waals surface area contributed by atoms with E-state index in [-0.39, 0.29) is 24.2 Å². The van der Waals surface area contributed by atoms with Gasteiger partial charge in [0.25, 0.3) is 5.56 Å². The Labute approximate surface area is 168 Å². The first-order chi connectivity index (χ1) is 13.5. The van der Waals surface area contributed by atoms with Gasteiger partial charge in [-0.3, -0.25) is 14.2 Å². The molecule has 0 saturated heterocycles. The molecular formula is C22H24N2O3S. The van der Waals surface area contributed by atoms with Crippen LogP contribution in [0.25, 0.3) is 21.3 Å². The maximum Gasteiger partial charge on any atom is 0.326 e. The first-order valence-electron chi connectivity index (χ1n) is 9.76. The molecule has 3 aromatic rings. The van der Waals surface area contributed by atoms with Crippen LogP contribution in [0, 0.1) is 12.8 Å². The summed E-state index contributed by atoms with van der Waals surface area (Å²) in [6, 6.07) is 9.84. The largest absolute Gasteiger partial charge is 0.461 e. The van der Waals surface area contributed by atoms with E-state index in [1.807, 2.05) is 37.3 Å². The normalized spacial score (nSPS) is 19.6. The van der Waals surface area contributed by atoms with Crippen molar-refractivity contribution >= 4 is 27.5 Å². The molecule has 28 heavy (non-hydrogen) atoms. The van der Waals surface area contributed by atoms with Crippen LogP contribution in [0.15, 0.2) is 41.5 Å². The molecule has 2 heterocycles. The van der Waals surface area contributed by atoms with Crippen LogP contribution in [-0.4, -0.2) is 21.6 Å². The zero-order valence-electron chi connectivity index (χ0n) is 16.2. The second kappa shape index (κ2) is 7.87. The van der Waals surface area contributed by atoms with E-state index in [1.165, 1.54) is 28.7 Å². The van der Waals surface area contributed by atoms with Crippen molar-refractivity contribution in [2.24, 2.45) is 5.92 Å². The van der Waals surface area contributed by atoms with Crippen LogP contribution in [0.4, 0.5) is 0 Å². The van der Waals surface area contributed by atoms with Gasteiger partial charge >= 0.3 is 5.97 Å². The highest BCUT2D eigenvalue weighted by molar-refractivity contribution is 7.19. The summed E-state index contributed by atoms with van der Waals surface area (Å²) in [5, 5.41) is 0.579. The number of thiophene rings is 1. The van der Waals surface area contributed by atoms with E-state index < -0.39 is 0 Å². The summed E-state index contributed by atoms with van der Waals surface area (Å²) in [5.74, 6) is 0.213. The van der Waals surface area contributed by atoms with E-state index >= 15 is 0 Å². The maximum atomic E-state index is 13.1. The number of benzene rings is 1. The molecule has 0 amide bonds. The van der Waals surface area contributed by atoms with Crippen LogP contribution in [0.1, 0.15) is 37.5 Å². The Morgan fingerprint density at radius 2 is 2.07 bits per heavy atom. The summed E-state index contributed by atoms with van der Waals surface area (Å²) in [7, 11) is 0. The molecule has 1 aliphatic rings. The molecule has 0 N–H and O–H groups in total. The first-order valence-corrected chi connectivity index (χ1v) is 10.6. The Morgan fingerprint density at radius 1 is 1.29 bits per heavy atom. The van der Waals surface area contributed by atoms with Crippen molar-refractivity contribution in [1.82, 2.24) is 9.55 Å². The van der Waals surface area contributed by atoms with E-state index in [2.05, 4.69) is 11.9 Å². The number of carbonyl (C=O) groups excluding carboxylic acids is 1. The van der Waals surface area contributed by atoms with Gasteiger partial charge in [0.15, 0.2) is 0 Å². The summed E-state index contributed by atoms with van der Waals surface area (Å²) in [5.41, 5.74) is 1.70. The number of carbonyl (C=O) groups is 1. The average Bonchev–Trinajstić information content (AvgIpc) is 3.01. The number of aryl methyl sites for hydroxylation is 1. The van der Waals surface area contributed by atoms with Crippen LogP contribution in [0.5, 0.6) is 0 Å². The second-order valence-corrected chi connectivity index (χ2v) is 8.84. The highest BCUT2D eigenvalue weighted by Gasteiger charge is 2.23. The minimum Gasteiger partial charge on any atom is -0.461 e. The fourth-order valence-corrected chi connectivity index (χ4v) is 5.05. The van der Waals surface area contributed by atoms with Crippen molar-refractivity contribution in [2.75, 3.05) is 0 Å². The fraction of sp³-hybridized carbons (Fsp3) is 0.409. The van der Waals surface area contributed by atoms with Gasteiger partial charge in [-0.15, -0.1) is 11.3 Å². The van der Waals surface area contributed by atoms with Crippen LogP contribution < -0.4 is 5.56 Å². The highest BCUT2D eigenvalue weighted by Crippen LogP contribution is 2.35. The zero-order valence-corrected chi connectivity index (χ0v) is 17.0. The predicted octanol–water partition coefficient (Wildman–Crippen LogP) is 4.56. The molecule has 0 radical (unpaired) electrons. The van der Waals surface area contributed by atoms with Crippen LogP contribution in [0.3, 0.4) is 0 Å². The smallest absolute Gasteiger partial charge is 0.326 e. The lowest BCUT2D eigenvalue weighted by Crippen LogP contribution is -2.30. The van der Waals surface area contributed by atoms with Crippen LogP contribution in [0.2, 0.25) is 0 Å². The van der Waals surface area contributed by atoms with Crippen molar-refractivity contribution in [1.29, 1.82) is 0 Å². The molecule has 1 aromatic carbocycles. The molecule has 2 atom stereocenters. The number of fused-ring (bicyclic) bond motifs is 1. The van der Waals surface area contributed by atoms with Gasteiger partial charge in [0.2, 0.25) is 0 Å². The van der Waals surface area contributed by atoms with Gasteiger partial charge in [0.1, 0.15) is 17.5 Å². The van der Waals surface area contributed by atoms with Gasteiger partial charge < -0.3 is 4.74 Å². The number of hydrogen-bond donors (Lipinski definition) is 0. The third-order valence-corrected chi connectivity index (χ3v) is 6.42. The average molecular weight is 397 g/mol. The van der Waals surface area contributed by atoms with E-state index in [4.69, 9.17) is 4.74 Å². The Bertz CT molecular complexity index is 1050. The van der Waals surface area contributed by atoms with Crippen molar-refractivity contribution in [3.05, 3.63) is 51.9 Å². The van der Waals surface area contributed by atoms with Crippen molar-refractivity contribution in [2.45, 2.75) is 52.2 Å². The van der Waals surface area contributed by atoms with Gasteiger partial charge in [0.05, 0.1) is 11.7 Å². The molecule has 5 nitrogen and oxygen atoms in total. The third-order valence-electron chi connectivity index (χ3n) is 5.40. The lowest BCUT2D eigenvalue weighted by Gasteiger charge is -2.26. The van der Waals surface area contributed by atoms with Gasteiger partial charge in [0, 0.05) is 10.4 Å². The molecule has 146 valence electrons. The Hall–Kier alpha value is -2.47. The lowest BCUT2D eigenvalue weighted by molar-refractivity contribution is -0.152. The van der Waals surface area contributed by atoms with E-state index in [1.54, 1.807) is 0 Å². The molecule has 2 aromatic heterocycles. The van der Waals surface area contributed by atoms with Crippen molar-refractivity contribution < 1.29 is 9.53 Å². The van der Waals surface area contributed by atoms with E-state index in [0.717, 1.165) is 35.3 Å². The number of aromatic nitrogens is 2. The second-order valence-electron chi connectivity index (χ2n) is 7.64. The molecule has 1 saturated carbocycles. The van der Waals surface area contributed by atoms with Crippen molar-refractivity contribution in [3.63, 3.8) is 0 Å². The SMILES string of the molecule is Cc1sc2ncn(CC(=O)OC3CCCC(C)C3)c(=O)c2c1-c1ccccc1. The number of ether oxygens (including phenoxy) is 1. The minimum absolute atomic E-state index is 0.0353. The molecule has 0 bridgehead atoms. The van der Waals surface area contributed by atoms with Crippen LogP contribution >= 0.6 is 11.3 Å². The molecule has 4 rings (SSSR count). The van der Waals surface area contributed by atoms with Crippen LogP contribution in [-0.2, 0) is 16.1 Å². The standard InChI is InChI=1S/C22H24N2O3S/c1-14-7-6-10-17(11-14)27-18(25)12-24-13-23-21-20(22(24)26)19(15(2)28-21)16-8-4-3-5-9-16/h3-5,8-9,13-14,17H,6-7,10-12H2,1-2H3. The van der Waals surface area contributed by atoms with Gasteiger partial charge in [-0.05, 0) is 37.7 Å². The molecule has 1 fully saturated rings. The zero-order chi connectivity index (χ0) is 19.7. The number of nitrogens with zero attached hydrogens (tertiary/aromatic N) is 2. The van der Waals surface area contributed by atoms with Gasteiger partial charge in [-0.25, -0.2) is 4.98 Å². The Morgan fingerprint density at radius 3 is 2.82 bits per heavy atom. The summed E-state index contributed by atoms with van der Waals surface area (Å²) in [4.78, 5) is 31.7. The Kier molecular flexibility index (Phi) is 5.31. The summed E-state index contributed by atoms with van der Waals surface area (Å²) >= 11 is 1.50. The third kappa shape index (κ3) is 3.74. The fourth-order valence-electron chi connectivity index (χ4n) is 4.05. The molecular weight excluding hydrogens is 372 g/mol. The molecule has 2 unspecified atom stereocenters. The maximum absolute atomic E-state index is 13.1. The lowest BCUT2D eigenvalue weighted by atomic mass is 9.89. The van der Waals surface area contributed by atoms with E-state index in [9.17, 15) is 9.59 Å². The molecule has 0 aliphatic heterocycles. The Balaban J connectivity index is 1.63. The molecule has 6 heteroatoms. The monoisotopic (exact) mass is 396 g/mol. The quantitative estimate of drug-likeness (QED) is 0.607. The highest BCUT2D eigenvalue weighted by atomic mass is 32.1. The number of hydrogen-bond acceptors (Lipinski definition) is 5. The number of esters is 1. The van der Waals surface area contributed by atoms with Gasteiger partial charge in [-0.2, -0.15) is 0 Å². The summed E-state index contributed by atoms with van der Waals surface area (Å²) in [6.07, 6.45) is 5.51. The molecule has 0 spiro atoms. The van der Waals surface area contributed by atoms with Gasteiger partial charge in [-0.1, -0.05) is 43.7 Å². The summed E-state index contributed by atoms with van der Waals surface area (Å²) < 4.78 is 7.00.